The van der Waals surface area contributed by atoms with Crippen LogP contribution in [0.1, 0.15) is 74.0 Å². The molecule has 0 aliphatic heterocycles. The van der Waals surface area contributed by atoms with Gasteiger partial charge in [-0.3, -0.25) is 18.9 Å². The molecule has 2 aliphatic carbocycles. The average Bonchev–Trinajstić information content (AvgIpc) is 3.90. The molecule has 0 unspecified atom stereocenters. The first-order valence-electron chi connectivity index (χ1n) is 14.2. The van der Waals surface area contributed by atoms with Crippen LogP contribution in [0.4, 0.5) is 0 Å². The van der Waals surface area contributed by atoms with E-state index < -0.39 is 5.76 Å². The van der Waals surface area contributed by atoms with Crippen LogP contribution >= 0.6 is 12.2 Å². The van der Waals surface area contributed by atoms with Crippen molar-refractivity contribution < 1.29 is 4.52 Å². The van der Waals surface area contributed by atoms with Gasteiger partial charge in [0.15, 0.2) is 5.82 Å². The molecule has 2 fully saturated rings. The SMILES string of the molecule is CCCCc1nc(C2CC2)c(CC(=S)NC2CC2)c(=O)n1Cc1ccc(-c2ccccc2-c2noc(=O)[nH]2)cc1. The molecule has 0 radical (unpaired) electrons. The predicted octanol–water partition coefficient (Wildman–Crippen LogP) is 5.14. The van der Waals surface area contributed by atoms with E-state index in [2.05, 4.69) is 22.4 Å². The lowest BCUT2D eigenvalue weighted by atomic mass is 9.98. The molecule has 6 rings (SSSR count). The lowest BCUT2D eigenvalue weighted by molar-refractivity contribution is 0.388. The van der Waals surface area contributed by atoms with Gasteiger partial charge >= 0.3 is 5.76 Å². The molecule has 4 aromatic rings. The van der Waals surface area contributed by atoms with E-state index in [9.17, 15) is 9.59 Å². The van der Waals surface area contributed by atoms with Crippen LogP contribution in [-0.2, 0) is 19.4 Å². The Labute approximate surface area is 237 Å². The highest BCUT2D eigenvalue weighted by atomic mass is 32.1. The predicted molar refractivity (Wildman–Crippen MR) is 159 cm³/mol. The summed E-state index contributed by atoms with van der Waals surface area (Å²) in [5, 5.41) is 7.26. The number of nitrogens with one attached hydrogen (secondary N) is 2. The molecule has 0 saturated heterocycles. The maximum atomic E-state index is 14.0. The standard InChI is InChI=1S/C31H33N5O3S/c1-2-3-8-26-33-28(21-13-14-21)25(17-27(40)32-22-15-16-22)30(37)36(26)18-19-9-11-20(12-10-19)23-6-4-5-7-24(23)29-34-31(38)39-35-29/h4-7,9-12,21-22H,2-3,8,13-18H2,1H3,(H,32,40)(H,34,35,38). The molecule has 2 saturated carbocycles. The van der Waals surface area contributed by atoms with Crippen LogP contribution in [0.3, 0.4) is 0 Å². The van der Waals surface area contributed by atoms with Crippen LogP contribution in [0.2, 0.25) is 0 Å². The Balaban J connectivity index is 1.32. The van der Waals surface area contributed by atoms with Gasteiger partial charge in [-0.25, -0.2) is 9.78 Å². The van der Waals surface area contributed by atoms with Crippen molar-refractivity contribution in [2.24, 2.45) is 0 Å². The number of aromatic amines is 1. The number of hydrogen-bond acceptors (Lipinski definition) is 6. The van der Waals surface area contributed by atoms with E-state index in [1.807, 2.05) is 53.1 Å². The minimum atomic E-state index is -0.589. The number of benzene rings is 2. The summed E-state index contributed by atoms with van der Waals surface area (Å²) in [6.45, 7) is 2.61. The van der Waals surface area contributed by atoms with Gasteiger partial charge in [0.2, 0.25) is 0 Å². The van der Waals surface area contributed by atoms with Gasteiger partial charge in [0.25, 0.3) is 5.56 Å². The van der Waals surface area contributed by atoms with E-state index in [1.165, 1.54) is 0 Å². The maximum Gasteiger partial charge on any atom is 0.439 e. The zero-order valence-electron chi connectivity index (χ0n) is 22.6. The molecule has 2 aliphatic rings. The summed E-state index contributed by atoms with van der Waals surface area (Å²) < 4.78 is 6.58. The number of nitrogens with zero attached hydrogens (tertiary/aromatic N) is 3. The molecule has 2 aromatic heterocycles. The van der Waals surface area contributed by atoms with Crippen LogP contribution < -0.4 is 16.6 Å². The highest BCUT2D eigenvalue weighted by Gasteiger charge is 2.31. The number of aryl methyl sites for hydroxylation is 1. The Morgan fingerprint density at radius 2 is 1.82 bits per heavy atom. The second kappa shape index (κ2) is 11.3. The minimum Gasteiger partial charge on any atom is -0.377 e. The van der Waals surface area contributed by atoms with Crippen molar-refractivity contribution in [3.8, 4) is 22.5 Å². The third-order valence-corrected chi connectivity index (χ3v) is 7.86. The van der Waals surface area contributed by atoms with Crippen molar-refractivity contribution in [2.45, 2.75) is 76.8 Å². The Hall–Kier alpha value is -3.85. The number of thiocarbonyl (C=S) groups is 1. The van der Waals surface area contributed by atoms with Crippen LogP contribution in [0.15, 0.2) is 62.6 Å². The van der Waals surface area contributed by atoms with Gasteiger partial charge < -0.3 is 5.32 Å². The van der Waals surface area contributed by atoms with E-state index in [0.717, 1.165) is 89.3 Å². The fraction of sp³-hybridized carbons (Fsp3) is 0.387. The lowest BCUT2D eigenvalue weighted by Gasteiger charge is -2.18. The molecule has 2 N–H and O–H groups in total. The Kier molecular flexibility index (Phi) is 7.47. The van der Waals surface area contributed by atoms with Gasteiger partial charge in [-0.2, -0.15) is 0 Å². The van der Waals surface area contributed by atoms with E-state index in [1.54, 1.807) is 0 Å². The van der Waals surface area contributed by atoms with Crippen molar-refractivity contribution in [3.63, 3.8) is 0 Å². The van der Waals surface area contributed by atoms with Gasteiger partial charge in [-0.15, -0.1) is 0 Å². The van der Waals surface area contributed by atoms with Crippen LogP contribution in [0.5, 0.6) is 0 Å². The molecule has 40 heavy (non-hydrogen) atoms. The van der Waals surface area contributed by atoms with Crippen molar-refractivity contribution in [3.05, 3.63) is 92.1 Å². The maximum absolute atomic E-state index is 14.0. The number of hydrogen-bond donors (Lipinski definition) is 2. The number of H-pyrrole nitrogens is 1. The summed E-state index contributed by atoms with van der Waals surface area (Å²) >= 11 is 5.65. The summed E-state index contributed by atoms with van der Waals surface area (Å²) in [5.41, 5.74) is 5.45. The third-order valence-electron chi connectivity index (χ3n) is 7.60. The van der Waals surface area contributed by atoms with Crippen LogP contribution in [0.25, 0.3) is 22.5 Å². The average molecular weight is 556 g/mol. The fourth-order valence-corrected chi connectivity index (χ4v) is 5.44. The smallest absolute Gasteiger partial charge is 0.377 e. The lowest BCUT2D eigenvalue weighted by Crippen LogP contribution is -2.34. The van der Waals surface area contributed by atoms with E-state index in [0.29, 0.717) is 30.7 Å². The van der Waals surface area contributed by atoms with Crippen LogP contribution in [-0.4, -0.2) is 30.7 Å². The Bertz CT molecular complexity index is 1640. The van der Waals surface area contributed by atoms with Gasteiger partial charge in [0.1, 0.15) is 5.82 Å². The molecule has 0 spiro atoms. The first kappa shape index (κ1) is 26.4. The molecular weight excluding hydrogens is 522 g/mol. The Morgan fingerprint density at radius 1 is 1.07 bits per heavy atom. The van der Waals surface area contributed by atoms with Gasteiger partial charge in [0.05, 0.1) is 17.2 Å². The highest BCUT2D eigenvalue weighted by Crippen LogP contribution is 2.40. The molecule has 2 heterocycles. The fourth-order valence-electron chi connectivity index (χ4n) is 5.13. The zero-order valence-corrected chi connectivity index (χ0v) is 23.4. The first-order chi connectivity index (χ1) is 19.5. The third kappa shape index (κ3) is 5.84. The van der Waals surface area contributed by atoms with Crippen LogP contribution in [0, 0.1) is 0 Å². The molecule has 9 heteroatoms. The summed E-state index contributed by atoms with van der Waals surface area (Å²) in [6.07, 6.45) is 7.72. The van der Waals surface area contributed by atoms with Crippen molar-refractivity contribution in [2.75, 3.05) is 0 Å². The summed E-state index contributed by atoms with van der Waals surface area (Å²) in [6, 6.07) is 16.3. The molecule has 8 nitrogen and oxygen atoms in total. The topological polar surface area (TPSA) is 106 Å². The van der Waals surface area contributed by atoms with Crippen molar-refractivity contribution >= 4 is 17.2 Å². The van der Waals surface area contributed by atoms with Crippen molar-refractivity contribution in [1.82, 2.24) is 25.0 Å². The molecular formula is C31H33N5O3S. The number of rotatable bonds is 11. The first-order valence-corrected chi connectivity index (χ1v) is 14.6. The number of unbranched alkanes of at least 4 members (excludes halogenated alkanes) is 1. The molecule has 0 amide bonds. The molecule has 0 atom stereocenters. The highest BCUT2D eigenvalue weighted by molar-refractivity contribution is 7.80. The molecule has 0 bridgehead atoms. The second-order valence-corrected chi connectivity index (χ2v) is 11.4. The minimum absolute atomic E-state index is 0.0346. The quantitative estimate of drug-likeness (QED) is 0.247. The van der Waals surface area contributed by atoms with E-state index >= 15 is 0 Å². The Morgan fingerprint density at radius 3 is 2.48 bits per heavy atom. The van der Waals surface area contributed by atoms with Gasteiger partial charge in [0, 0.05) is 35.9 Å². The summed E-state index contributed by atoms with van der Waals surface area (Å²) in [5.74, 6) is 1.04. The monoisotopic (exact) mass is 555 g/mol. The molecule has 206 valence electrons. The van der Waals surface area contributed by atoms with Gasteiger partial charge in [-0.05, 0) is 48.8 Å². The summed E-state index contributed by atoms with van der Waals surface area (Å²) in [4.78, 5) is 34.0. The summed E-state index contributed by atoms with van der Waals surface area (Å²) in [7, 11) is 0. The van der Waals surface area contributed by atoms with E-state index in [-0.39, 0.29) is 5.56 Å². The van der Waals surface area contributed by atoms with E-state index in [4.69, 9.17) is 21.7 Å². The largest absolute Gasteiger partial charge is 0.439 e. The van der Waals surface area contributed by atoms with Crippen molar-refractivity contribution in [1.29, 1.82) is 0 Å². The zero-order chi connectivity index (χ0) is 27.6. The normalized spacial score (nSPS) is 14.8. The van der Waals surface area contributed by atoms with Gasteiger partial charge in [-0.1, -0.05) is 79.3 Å². The number of aromatic nitrogens is 4. The molecule has 2 aromatic carbocycles. The second-order valence-electron chi connectivity index (χ2n) is 10.9.